The van der Waals surface area contributed by atoms with E-state index in [2.05, 4.69) is 6.07 Å². The highest BCUT2D eigenvalue weighted by molar-refractivity contribution is 7.92. The topological polar surface area (TPSA) is 78.2 Å². The van der Waals surface area contributed by atoms with Crippen LogP contribution >= 0.6 is 0 Å². The van der Waals surface area contributed by atoms with Crippen molar-refractivity contribution in [2.75, 3.05) is 10.6 Å². The maximum Gasteiger partial charge on any atom is 0.232 e. The highest BCUT2D eigenvalue weighted by Gasteiger charge is 2.20. The maximum absolute atomic E-state index is 12.2. The van der Waals surface area contributed by atoms with Gasteiger partial charge in [0.2, 0.25) is 10.0 Å². The van der Waals surface area contributed by atoms with Crippen LogP contribution in [0.4, 0.5) is 5.69 Å². The summed E-state index contributed by atoms with van der Waals surface area (Å²) in [5.41, 5.74) is 1.86. The Hall–Kier alpha value is -2.65. The Morgan fingerprint density at radius 1 is 1.17 bits per heavy atom. The maximum atomic E-state index is 12.2. The third-order valence-electron chi connectivity index (χ3n) is 3.39. The molecule has 2 rings (SSSR count). The molecule has 118 valence electrons. The van der Waals surface area contributed by atoms with E-state index in [1.807, 2.05) is 0 Å². The van der Waals surface area contributed by atoms with Crippen molar-refractivity contribution in [2.45, 2.75) is 13.5 Å². The Balaban J connectivity index is 2.50. The summed E-state index contributed by atoms with van der Waals surface area (Å²) in [5, 5.41) is 9.16. The molecule has 0 aliphatic heterocycles. The van der Waals surface area contributed by atoms with E-state index in [1.165, 1.54) is 11.2 Å². The standard InChI is InChI=1S/C17H16N2O3S/c1-13(20)14-8-5-9-17(10-14)19(23(2,21)22)12-16-7-4-3-6-15(16)11-18/h3-10H,12H2,1-2H3. The number of hydrogen-bond donors (Lipinski definition) is 0. The van der Waals surface area contributed by atoms with Gasteiger partial charge in [0.25, 0.3) is 0 Å². The summed E-state index contributed by atoms with van der Waals surface area (Å²) in [7, 11) is -3.57. The lowest BCUT2D eigenvalue weighted by Gasteiger charge is -2.23. The number of rotatable bonds is 5. The molecule has 0 aliphatic carbocycles. The van der Waals surface area contributed by atoms with Gasteiger partial charge in [-0.15, -0.1) is 0 Å². The number of sulfonamides is 1. The second-order valence-electron chi connectivity index (χ2n) is 5.15. The number of hydrogen-bond acceptors (Lipinski definition) is 4. The zero-order valence-corrected chi connectivity index (χ0v) is 13.7. The summed E-state index contributed by atoms with van der Waals surface area (Å²) in [6.07, 6.45) is 1.10. The van der Waals surface area contributed by atoms with Gasteiger partial charge in [0.05, 0.1) is 30.1 Å². The average molecular weight is 328 g/mol. The average Bonchev–Trinajstić information content (AvgIpc) is 2.52. The summed E-state index contributed by atoms with van der Waals surface area (Å²) in [6.45, 7) is 1.46. The highest BCUT2D eigenvalue weighted by Crippen LogP contribution is 2.23. The first-order valence-corrected chi connectivity index (χ1v) is 8.74. The van der Waals surface area contributed by atoms with Crippen LogP contribution in [-0.4, -0.2) is 20.5 Å². The molecule has 0 amide bonds. The van der Waals surface area contributed by atoms with E-state index in [4.69, 9.17) is 5.26 Å². The lowest BCUT2D eigenvalue weighted by molar-refractivity contribution is 0.101. The Kier molecular flexibility index (Phi) is 4.82. The fraction of sp³-hybridized carbons (Fsp3) is 0.176. The van der Waals surface area contributed by atoms with Crippen LogP contribution in [0.2, 0.25) is 0 Å². The first-order chi connectivity index (χ1) is 10.8. The molecule has 23 heavy (non-hydrogen) atoms. The fourth-order valence-electron chi connectivity index (χ4n) is 2.20. The van der Waals surface area contributed by atoms with Crippen LogP contribution in [0.25, 0.3) is 0 Å². The molecule has 5 nitrogen and oxygen atoms in total. The van der Waals surface area contributed by atoms with E-state index >= 15 is 0 Å². The molecule has 0 fully saturated rings. The van der Waals surface area contributed by atoms with Crippen LogP contribution in [0.5, 0.6) is 0 Å². The van der Waals surface area contributed by atoms with Gasteiger partial charge in [0, 0.05) is 5.56 Å². The van der Waals surface area contributed by atoms with Crippen LogP contribution in [0.1, 0.15) is 28.4 Å². The van der Waals surface area contributed by atoms with Crippen molar-refractivity contribution in [3.05, 3.63) is 65.2 Å². The number of nitrogens with zero attached hydrogens (tertiary/aromatic N) is 2. The van der Waals surface area contributed by atoms with Crippen LogP contribution in [0, 0.1) is 11.3 Å². The van der Waals surface area contributed by atoms with Gasteiger partial charge in [0.1, 0.15) is 0 Å². The minimum absolute atomic E-state index is 0.0317. The Morgan fingerprint density at radius 3 is 2.48 bits per heavy atom. The molecule has 0 unspecified atom stereocenters. The molecule has 0 saturated carbocycles. The van der Waals surface area contributed by atoms with Crippen molar-refractivity contribution >= 4 is 21.5 Å². The largest absolute Gasteiger partial charge is 0.295 e. The number of ketones is 1. The number of Topliss-reactive ketones (excluding diaryl/α,β-unsaturated/α-hetero) is 1. The van der Waals surface area contributed by atoms with Crippen molar-refractivity contribution in [1.82, 2.24) is 0 Å². The van der Waals surface area contributed by atoms with Gasteiger partial charge in [0.15, 0.2) is 5.78 Å². The van der Waals surface area contributed by atoms with Crippen LogP contribution in [-0.2, 0) is 16.6 Å². The van der Waals surface area contributed by atoms with Gasteiger partial charge >= 0.3 is 0 Å². The SMILES string of the molecule is CC(=O)c1cccc(N(Cc2ccccc2C#N)S(C)(=O)=O)c1. The fourth-order valence-corrected chi connectivity index (χ4v) is 3.07. The van der Waals surface area contributed by atoms with Crippen molar-refractivity contribution in [2.24, 2.45) is 0 Å². The minimum atomic E-state index is -3.57. The highest BCUT2D eigenvalue weighted by atomic mass is 32.2. The van der Waals surface area contributed by atoms with Gasteiger partial charge in [-0.2, -0.15) is 5.26 Å². The van der Waals surface area contributed by atoms with Crippen molar-refractivity contribution in [3.8, 4) is 6.07 Å². The molecule has 0 spiro atoms. The van der Waals surface area contributed by atoms with Gasteiger partial charge in [-0.05, 0) is 30.7 Å². The predicted octanol–water partition coefficient (Wildman–Crippen LogP) is 2.73. The van der Waals surface area contributed by atoms with Gasteiger partial charge in [-0.25, -0.2) is 8.42 Å². The molecule has 0 aliphatic rings. The molecule has 2 aromatic rings. The smallest absolute Gasteiger partial charge is 0.232 e. The van der Waals surface area contributed by atoms with Crippen LogP contribution in [0.3, 0.4) is 0 Å². The Morgan fingerprint density at radius 2 is 1.87 bits per heavy atom. The van der Waals surface area contributed by atoms with E-state index < -0.39 is 10.0 Å². The zero-order chi connectivity index (χ0) is 17.0. The van der Waals surface area contributed by atoms with Crippen LogP contribution < -0.4 is 4.31 Å². The molecular weight excluding hydrogens is 312 g/mol. The second kappa shape index (κ2) is 6.63. The molecule has 0 atom stereocenters. The summed E-state index contributed by atoms with van der Waals surface area (Å²) in [6, 6.07) is 15.3. The second-order valence-corrected chi connectivity index (χ2v) is 7.05. The summed E-state index contributed by atoms with van der Waals surface area (Å²) in [5.74, 6) is -0.141. The zero-order valence-electron chi connectivity index (χ0n) is 12.9. The monoisotopic (exact) mass is 328 g/mol. The van der Waals surface area contributed by atoms with Crippen molar-refractivity contribution < 1.29 is 13.2 Å². The first kappa shape index (κ1) is 16.7. The lowest BCUT2D eigenvalue weighted by atomic mass is 10.1. The molecule has 6 heteroatoms. The third kappa shape index (κ3) is 3.96. The minimum Gasteiger partial charge on any atom is -0.295 e. The molecule has 0 N–H and O–H groups in total. The Labute approximate surface area is 135 Å². The van der Waals surface area contributed by atoms with Gasteiger partial charge < -0.3 is 0 Å². The molecule has 0 aromatic heterocycles. The van der Waals surface area contributed by atoms with Gasteiger partial charge in [-0.1, -0.05) is 30.3 Å². The van der Waals surface area contributed by atoms with Crippen molar-refractivity contribution in [3.63, 3.8) is 0 Å². The summed E-state index contributed by atoms with van der Waals surface area (Å²) >= 11 is 0. The molecule has 0 bridgehead atoms. The van der Waals surface area contributed by atoms with E-state index in [9.17, 15) is 13.2 Å². The van der Waals surface area contributed by atoms with E-state index in [1.54, 1.807) is 48.5 Å². The Bertz CT molecular complexity index is 883. The number of carbonyl (C=O) groups is 1. The number of nitriles is 1. The van der Waals surface area contributed by atoms with Crippen LogP contribution in [0.15, 0.2) is 48.5 Å². The molecule has 0 radical (unpaired) electrons. The number of anilines is 1. The number of benzene rings is 2. The van der Waals surface area contributed by atoms with Crippen molar-refractivity contribution in [1.29, 1.82) is 5.26 Å². The lowest BCUT2D eigenvalue weighted by Crippen LogP contribution is -2.29. The molecule has 0 saturated heterocycles. The number of carbonyl (C=O) groups excluding carboxylic acids is 1. The molecule has 2 aromatic carbocycles. The predicted molar refractivity (Wildman–Crippen MR) is 88.6 cm³/mol. The summed E-state index contributed by atoms with van der Waals surface area (Å²) < 4.78 is 25.5. The summed E-state index contributed by atoms with van der Waals surface area (Å²) in [4.78, 5) is 11.5. The van der Waals surface area contributed by atoms with E-state index in [-0.39, 0.29) is 12.3 Å². The van der Waals surface area contributed by atoms with Gasteiger partial charge in [-0.3, -0.25) is 9.10 Å². The molecular formula is C17H16N2O3S. The van der Waals surface area contributed by atoms with E-state index in [0.29, 0.717) is 22.4 Å². The van der Waals surface area contributed by atoms with E-state index in [0.717, 1.165) is 6.26 Å². The normalized spacial score (nSPS) is 10.8. The third-order valence-corrected chi connectivity index (χ3v) is 4.53. The first-order valence-electron chi connectivity index (χ1n) is 6.89. The molecule has 0 heterocycles. The quantitative estimate of drug-likeness (QED) is 0.791.